The van der Waals surface area contributed by atoms with E-state index in [2.05, 4.69) is 31.9 Å². The molecule has 0 saturated carbocycles. The van der Waals surface area contributed by atoms with E-state index in [0.717, 1.165) is 21.3 Å². The quantitative estimate of drug-likeness (QED) is 0.547. The van der Waals surface area contributed by atoms with Gasteiger partial charge >= 0.3 is 0 Å². The number of aryl methyl sites for hydroxylation is 1. The SMILES string of the molecule is Cc1cc(Br)cc(CBr)c1OCc1c(F)cccc1Cl. The molecule has 0 unspecified atom stereocenters. The summed E-state index contributed by atoms with van der Waals surface area (Å²) in [5.74, 6) is 0.400. The highest BCUT2D eigenvalue weighted by molar-refractivity contribution is 9.10. The molecule has 106 valence electrons. The zero-order valence-corrected chi connectivity index (χ0v) is 14.6. The zero-order valence-electron chi connectivity index (χ0n) is 10.7. The second kappa shape index (κ2) is 6.92. The lowest BCUT2D eigenvalue weighted by Crippen LogP contribution is -2.02. The van der Waals surface area contributed by atoms with Crippen LogP contribution in [0.4, 0.5) is 4.39 Å². The van der Waals surface area contributed by atoms with E-state index in [9.17, 15) is 4.39 Å². The average molecular weight is 423 g/mol. The molecule has 0 heterocycles. The van der Waals surface area contributed by atoms with Crippen molar-refractivity contribution in [2.75, 3.05) is 0 Å². The van der Waals surface area contributed by atoms with Gasteiger partial charge < -0.3 is 4.74 Å². The molecule has 0 amide bonds. The Balaban J connectivity index is 2.27. The topological polar surface area (TPSA) is 9.23 Å². The van der Waals surface area contributed by atoms with Crippen LogP contribution in [0.1, 0.15) is 16.7 Å². The summed E-state index contributed by atoms with van der Waals surface area (Å²) in [6.07, 6.45) is 0. The third kappa shape index (κ3) is 3.54. The van der Waals surface area contributed by atoms with E-state index in [-0.39, 0.29) is 12.4 Å². The molecule has 5 heteroatoms. The minimum Gasteiger partial charge on any atom is -0.488 e. The van der Waals surface area contributed by atoms with Gasteiger partial charge in [0.2, 0.25) is 0 Å². The van der Waals surface area contributed by atoms with Crippen molar-refractivity contribution in [2.24, 2.45) is 0 Å². The summed E-state index contributed by atoms with van der Waals surface area (Å²) in [7, 11) is 0. The Morgan fingerprint density at radius 2 is 2.05 bits per heavy atom. The minimum atomic E-state index is -0.354. The Morgan fingerprint density at radius 1 is 1.30 bits per heavy atom. The summed E-state index contributed by atoms with van der Waals surface area (Å²) >= 11 is 12.9. The Kier molecular flexibility index (Phi) is 5.47. The van der Waals surface area contributed by atoms with E-state index in [1.807, 2.05) is 19.1 Å². The van der Waals surface area contributed by atoms with Gasteiger partial charge in [-0.3, -0.25) is 0 Å². The Morgan fingerprint density at radius 3 is 2.70 bits per heavy atom. The molecule has 1 nitrogen and oxygen atoms in total. The van der Waals surface area contributed by atoms with Crippen LogP contribution in [-0.2, 0) is 11.9 Å². The molecule has 0 spiro atoms. The molecule has 2 aromatic carbocycles. The standard InChI is InChI=1S/C15H12Br2ClFO/c1-9-5-11(17)6-10(7-16)15(9)20-8-12-13(18)3-2-4-14(12)19/h2-6H,7-8H2,1H3. The second-order valence-corrected chi connectivity index (χ2v) is 6.22. The maximum Gasteiger partial charge on any atom is 0.131 e. The van der Waals surface area contributed by atoms with E-state index < -0.39 is 0 Å². The first-order chi connectivity index (χ1) is 9.52. The van der Waals surface area contributed by atoms with Crippen molar-refractivity contribution in [2.45, 2.75) is 18.9 Å². The van der Waals surface area contributed by atoms with Crippen molar-refractivity contribution in [1.82, 2.24) is 0 Å². The van der Waals surface area contributed by atoms with Crippen LogP contribution >= 0.6 is 43.5 Å². The Labute approximate surface area is 139 Å². The lowest BCUT2D eigenvalue weighted by atomic mass is 10.1. The summed E-state index contributed by atoms with van der Waals surface area (Å²) in [5.41, 5.74) is 2.36. The Bertz CT molecular complexity index is 611. The van der Waals surface area contributed by atoms with Crippen LogP contribution in [0, 0.1) is 12.7 Å². The fraction of sp³-hybridized carbons (Fsp3) is 0.200. The van der Waals surface area contributed by atoms with Gasteiger partial charge in [-0.1, -0.05) is 49.5 Å². The molecular formula is C15H12Br2ClFO. The van der Waals surface area contributed by atoms with E-state index in [1.54, 1.807) is 12.1 Å². The van der Waals surface area contributed by atoms with E-state index in [1.165, 1.54) is 6.07 Å². The van der Waals surface area contributed by atoms with Gasteiger partial charge in [0, 0.05) is 20.9 Å². The Hall–Kier alpha value is -0.580. The number of hydrogen-bond donors (Lipinski definition) is 0. The molecule has 0 bridgehead atoms. The highest BCUT2D eigenvalue weighted by Gasteiger charge is 2.12. The third-order valence-electron chi connectivity index (χ3n) is 2.88. The summed E-state index contributed by atoms with van der Waals surface area (Å²) in [4.78, 5) is 0. The maximum absolute atomic E-state index is 13.7. The van der Waals surface area contributed by atoms with Crippen LogP contribution in [0.2, 0.25) is 5.02 Å². The van der Waals surface area contributed by atoms with Gasteiger partial charge in [0.15, 0.2) is 0 Å². The predicted octanol–water partition coefficient (Wildman–Crippen LogP) is 6.02. The van der Waals surface area contributed by atoms with Gasteiger partial charge in [-0.25, -0.2) is 4.39 Å². The van der Waals surface area contributed by atoms with Crippen LogP contribution in [-0.4, -0.2) is 0 Å². The largest absolute Gasteiger partial charge is 0.488 e. The number of benzene rings is 2. The van der Waals surface area contributed by atoms with Crippen LogP contribution in [0.5, 0.6) is 5.75 Å². The van der Waals surface area contributed by atoms with Crippen molar-refractivity contribution in [3.8, 4) is 5.75 Å². The van der Waals surface area contributed by atoms with Gasteiger partial charge in [-0.05, 0) is 36.8 Å². The fourth-order valence-corrected chi connectivity index (χ4v) is 3.17. The maximum atomic E-state index is 13.7. The molecule has 0 saturated heterocycles. The molecule has 20 heavy (non-hydrogen) atoms. The molecule has 2 aromatic rings. The molecule has 0 aromatic heterocycles. The van der Waals surface area contributed by atoms with Gasteiger partial charge in [0.1, 0.15) is 18.2 Å². The minimum absolute atomic E-state index is 0.105. The van der Waals surface area contributed by atoms with Gasteiger partial charge in [-0.15, -0.1) is 0 Å². The van der Waals surface area contributed by atoms with Crippen molar-refractivity contribution in [3.05, 3.63) is 62.3 Å². The smallest absolute Gasteiger partial charge is 0.131 e. The lowest BCUT2D eigenvalue weighted by Gasteiger charge is -2.14. The fourth-order valence-electron chi connectivity index (χ4n) is 1.92. The van der Waals surface area contributed by atoms with Gasteiger partial charge in [-0.2, -0.15) is 0 Å². The van der Waals surface area contributed by atoms with E-state index in [0.29, 0.717) is 15.9 Å². The van der Waals surface area contributed by atoms with Crippen molar-refractivity contribution in [3.63, 3.8) is 0 Å². The van der Waals surface area contributed by atoms with E-state index in [4.69, 9.17) is 16.3 Å². The zero-order chi connectivity index (χ0) is 14.7. The highest BCUT2D eigenvalue weighted by atomic mass is 79.9. The molecule has 0 atom stereocenters. The number of hydrogen-bond acceptors (Lipinski definition) is 1. The number of alkyl halides is 1. The molecule has 0 aliphatic carbocycles. The monoisotopic (exact) mass is 420 g/mol. The lowest BCUT2D eigenvalue weighted by molar-refractivity contribution is 0.295. The third-order valence-corrected chi connectivity index (χ3v) is 4.30. The van der Waals surface area contributed by atoms with Crippen LogP contribution in [0.15, 0.2) is 34.8 Å². The second-order valence-electron chi connectivity index (χ2n) is 4.33. The van der Waals surface area contributed by atoms with Crippen molar-refractivity contribution < 1.29 is 9.13 Å². The van der Waals surface area contributed by atoms with Crippen molar-refractivity contribution >= 4 is 43.5 Å². The van der Waals surface area contributed by atoms with Gasteiger partial charge in [0.25, 0.3) is 0 Å². The molecule has 0 aliphatic rings. The molecule has 0 radical (unpaired) electrons. The summed E-state index contributed by atoms with van der Waals surface area (Å²) in [6, 6.07) is 8.55. The summed E-state index contributed by atoms with van der Waals surface area (Å²) < 4.78 is 20.5. The van der Waals surface area contributed by atoms with Crippen molar-refractivity contribution in [1.29, 1.82) is 0 Å². The van der Waals surface area contributed by atoms with Gasteiger partial charge in [0.05, 0.1) is 5.02 Å². The van der Waals surface area contributed by atoms with Crippen LogP contribution in [0.3, 0.4) is 0 Å². The molecular weight excluding hydrogens is 410 g/mol. The number of rotatable bonds is 4. The molecule has 0 fully saturated rings. The number of ether oxygens (including phenoxy) is 1. The molecule has 2 rings (SSSR count). The normalized spacial score (nSPS) is 10.7. The summed E-state index contributed by atoms with van der Waals surface area (Å²) in [5, 5.41) is 1.04. The first kappa shape index (κ1) is 15.8. The van der Waals surface area contributed by atoms with Crippen LogP contribution < -0.4 is 4.74 Å². The molecule has 0 N–H and O–H groups in total. The first-order valence-electron chi connectivity index (χ1n) is 5.93. The highest BCUT2D eigenvalue weighted by Crippen LogP contribution is 2.31. The summed E-state index contributed by atoms with van der Waals surface area (Å²) in [6.45, 7) is 2.06. The predicted molar refractivity (Wildman–Crippen MR) is 87.3 cm³/mol. The van der Waals surface area contributed by atoms with Crippen LogP contribution in [0.25, 0.3) is 0 Å². The first-order valence-corrected chi connectivity index (χ1v) is 8.23. The number of halogens is 4. The van der Waals surface area contributed by atoms with E-state index >= 15 is 0 Å². The average Bonchev–Trinajstić information content (AvgIpc) is 2.39. The molecule has 0 aliphatic heterocycles.